The lowest BCUT2D eigenvalue weighted by Crippen LogP contribution is -2.41. The van der Waals surface area contributed by atoms with Gasteiger partial charge in [0, 0.05) is 45.3 Å². The van der Waals surface area contributed by atoms with Crippen LogP contribution in [0, 0.1) is 5.92 Å². The van der Waals surface area contributed by atoms with Crippen LogP contribution in [0.4, 0.5) is 10.5 Å². The van der Waals surface area contributed by atoms with E-state index >= 15 is 0 Å². The first-order chi connectivity index (χ1) is 11.0. The average molecular weight is 319 g/mol. The Balaban J connectivity index is 1.89. The molecule has 1 saturated carbocycles. The van der Waals surface area contributed by atoms with Crippen LogP contribution in [-0.4, -0.2) is 49.3 Å². The number of aliphatic hydroxyl groups excluding tert-OH is 1. The van der Waals surface area contributed by atoms with Crippen molar-refractivity contribution in [1.82, 2.24) is 10.2 Å². The molecule has 5 nitrogen and oxygen atoms in total. The standard InChI is InChI=1S/C18H29N3O2/c1-4-20(2)16-10-6-5-8-14(16)12-19-18(23)21(3)13-15-9-7-11-17(15)22/h5-6,8,10,15,17,22H,4,7,9,11-13H2,1-3H3,(H,19,23)/t15-,17-/m1/s1. The second kappa shape index (κ2) is 8.20. The van der Waals surface area contributed by atoms with Crippen molar-refractivity contribution in [3.8, 4) is 0 Å². The molecule has 0 saturated heterocycles. The highest BCUT2D eigenvalue weighted by Gasteiger charge is 2.27. The molecule has 2 atom stereocenters. The molecule has 128 valence electrons. The topological polar surface area (TPSA) is 55.8 Å². The van der Waals surface area contributed by atoms with E-state index in [1.54, 1.807) is 11.9 Å². The number of aliphatic hydroxyl groups is 1. The fourth-order valence-corrected chi connectivity index (χ4v) is 3.17. The van der Waals surface area contributed by atoms with Crippen LogP contribution in [0.2, 0.25) is 0 Å². The van der Waals surface area contributed by atoms with Crippen LogP contribution in [0.15, 0.2) is 24.3 Å². The largest absolute Gasteiger partial charge is 0.393 e. The molecule has 0 aromatic heterocycles. The fraction of sp³-hybridized carbons (Fsp3) is 0.611. The molecule has 2 amide bonds. The Morgan fingerprint density at radius 1 is 1.30 bits per heavy atom. The maximum Gasteiger partial charge on any atom is 0.317 e. The second-order valence-corrected chi connectivity index (χ2v) is 6.44. The van der Waals surface area contributed by atoms with Gasteiger partial charge in [-0.15, -0.1) is 0 Å². The maximum atomic E-state index is 12.3. The molecule has 1 fully saturated rings. The van der Waals surface area contributed by atoms with Crippen LogP contribution < -0.4 is 10.2 Å². The van der Waals surface area contributed by atoms with Crippen molar-refractivity contribution in [3.05, 3.63) is 29.8 Å². The first-order valence-electron chi connectivity index (χ1n) is 8.49. The zero-order chi connectivity index (χ0) is 16.8. The summed E-state index contributed by atoms with van der Waals surface area (Å²) in [6.07, 6.45) is 2.65. The highest BCUT2D eigenvalue weighted by atomic mass is 16.3. The summed E-state index contributed by atoms with van der Waals surface area (Å²) in [6, 6.07) is 8.04. The Hall–Kier alpha value is -1.75. The quantitative estimate of drug-likeness (QED) is 0.847. The number of amides is 2. The molecule has 1 aromatic rings. The number of benzene rings is 1. The van der Waals surface area contributed by atoms with Gasteiger partial charge in [-0.3, -0.25) is 0 Å². The van der Waals surface area contributed by atoms with E-state index < -0.39 is 0 Å². The van der Waals surface area contributed by atoms with Gasteiger partial charge in [0.15, 0.2) is 0 Å². The predicted molar refractivity (Wildman–Crippen MR) is 93.6 cm³/mol. The maximum absolute atomic E-state index is 12.3. The van der Waals surface area contributed by atoms with Crippen molar-refractivity contribution in [2.75, 3.05) is 32.1 Å². The number of para-hydroxylation sites is 1. The van der Waals surface area contributed by atoms with Crippen molar-refractivity contribution in [2.45, 2.75) is 38.8 Å². The molecule has 1 aliphatic carbocycles. The molecule has 0 heterocycles. The van der Waals surface area contributed by atoms with Gasteiger partial charge in [-0.05, 0) is 31.4 Å². The number of anilines is 1. The van der Waals surface area contributed by atoms with E-state index in [9.17, 15) is 9.90 Å². The first-order valence-corrected chi connectivity index (χ1v) is 8.49. The van der Waals surface area contributed by atoms with Gasteiger partial charge in [0.1, 0.15) is 0 Å². The van der Waals surface area contributed by atoms with Crippen LogP contribution in [0.25, 0.3) is 0 Å². The van der Waals surface area contributed by atoms with Gasteiger partial charge in [-0.1, -0.05) is 24.6 Å². The third-order valence-electron chi connectivity index (χ3n) is 4.78. The smallest absolute Gasteiger partial charge is 0.317 e. The van der Waals surface area contributed by atoms with E-state index in [0.717, 1.165) is 37.1 Å². The molecule has 1 aromatic carbocycles. The molecular formula is C18H29N3O2. The summed E-state index contributed by atoms with van der Waals surface area (Å²) >= 11 is 0. The average Bonchev–Trinajstić information content (AvgIpc) is 2.97. The number of carbonyl (C=O) groups is 1. The van der Waals surface area contributed by atoms with Gasteiger partial charge in [0.05, 0.1) is 6.10 Å². The van der Waals surface area contributed by atoms with Crippen LogP contribution in [0.1, 0.15) is 31.7 Å². The number of carbonyl (C=O) groups excluding carboxylic acids is 1. The van der Waals surface area contributed by atoms with E-state index in [-0.39, 0.29) is 18.1 Å². The van der Waals surface area contributed by atoms with E-state index in [1.807, 2.05) is 25.2 Å². The molecule has 0 radical (unpaired) electrons. The number of nitrogens with one attached hydrogen (secondary N) is 1. The van der Waals surface area contributed by atoms with Crippen molar-refractivity contribution in [3.63, 3.8) is 0 Å². The monoisotopic (exact) mass is 319 g/mol. The molecule has 23 heavy (non-hydrogen) atoms. The molecular weight excluding hydrogens is 290 g/mol. The third-order valence-corrected chi connectivity index (χ3v) is 4.78. The minimum absolute atomic E-state index is 0.0851. The highest BCUT2D eigenvalue weighted by Crippen LogP contribution is 2.26. The van der Waals surface area contributed by atoms with Gasteiger partial charge in [0.2, 0.25) is 0 Å². The van der Waals surface area contributed by atoms with Crippen LogP contribution in [0.5, 0.6) is 0 Å². The Morgan fingerprint density at radius 2 is 2.04 bits per heavy atom. The summed E-state index contributed by atoms with van der Waals surface area (Å²) in [7, 11) is 3.85. The molecule has 2 rings (SSSR count). The van der Waals surface area contributed by atoms with Crippen LogP contribution in [0.3, 0.4) is 0 Å². The molecule has 1 aliphatic rings. The normalized spacial score (nSPS) is 20.3. The molecule has 0 spiro atoms. The Morgan fingerprint density at radius 3 is 2.70 bits per heavy atom. The number of urea groups is 1. The first kappa shape index (κ1) is 17.6. The Bertz CT molecular complexity index is 521. The summed E-state index contributed by atoms with van der Waals surface area (Å²) in [6.45, 7) is 4.15. The lowest BCUT2D eigenvalue weighted by Gasteiger charge is -2.25. The summed E-state index contributed by atoms with van der Waals surface area (Å²) in [5.41, 5.74) is 2.25. The van der Waals surface area contributed by atoms with Gasteiger partial charge in [-0.25, -0.2) is 4.79 Å². The van der Waals surface area contributed by atoms with E-state index in [0.29, 0.717) is 13.1 Å². The van der Waals surface area contributed by atoms with E-state index in [2.05, 4.69) is 23.2 Å². The summed E-state index contributed by atoms with van der Waals surface area (Å²) < 4.78 is 0. The zero-order valence-electron chi connectivity index (χ0n) is 14.5. The summed E-state index contributed by atoms with van der Waals surface area (Å²) in [5.74, 6) is 0.212. The van der Waals surface area contributed by atoms with Gasteiger partial charge < -0.3 is 20.2 Å². The Kier molecular flexibility index (Phi) is 6.28. The lowest BCUT2D eigenvalue weighted by atomic mass is 10.1. The summed E-state index contributed by atoms with van der Waals surface area (Å²) in [5, 5.41) is 12.9. The number of rotatable bonds is 6. The Labute approximate surface area is 139 Å². The van der Waals surface area contributed by atoms with Crippen molar-refractivity contribution in [1.29, 1.82) is 0 Å². The minimum Gasteiger partial charge on any atom is -0.393 e. The van der Waals surface area contributed by atoms with E-state index in [1.165, 1.54) is 0 Å². The molecule has 0 unspecified atom stereocenters. The third kappa shape index (κ3) is 4.61. The second-order valence-electron chi connectivity index (χ2n) is 6.44. The van der Waals surface area contributed by atoms with Crippen LogP contribution in [-0.2, 0) is 6.54 Å². The highest BCUT2D eigenvalue weighted by molar-refractivity contribution is 5.74. The van der Waals surface area contributed by atoms with E-state index in [4.69, 9.17) is 0 Å². The van der Waals surface area contributed by atoms with Crippen molar-refractivity contribution < 1.29 is 9.90 Å². The minimum atomic E-state index is -0.260. The van der Waals surface area contributed by atoms with Gasteiger partial charge >= 0.3 is 6.03 Å². The van der Waals surface area contributed by atoms with Crippen molar-refractivity contribution in [2.24, 2.45) is 5.92 Å². The van der Waals surface area contributed by atoms with Gasteiger partial charge in [-0.2, -0.15) is 0 Å². The molecule has 0 aliphatic heterocycles. The lowest BCUT2D eigenvalue weighted by molar-refractivity contribution is 0.114. The van der Waals surface area contributed by atoms with Crippen molar-refractivity contribution >= 4 is 11.7 Å². The fourth-order valence-electron chi connectivity index (χ4n) is 3.17. The number of hydrogen-bond donors (Lipinski definition) is 2. The number of nitrogens with zero attached hydrogens (tertiary/aromatic N) is 2. The zero-order valence-corrected chi connectivity index (χ0v) is 14.5. The SMILES string of the molecule is CCN(C)c1ccccc1CNC(=O)N(C)C[C@H]1CCC[C@H]1O. The number of hydrogen-bond acceptors (Lipinski definition) is 3. The predicted octanol–water partition coefficient (Wildman–Crippen LogP) is 2.45. The molecule has 5 heteroatoms. The van der Waals surface area contributed by atoms with Gasteiger partial charge in [0.25, 0.3) is 0 Å². The summed E-state index contributed by atoms with van der Waals surface area (Å²) in [4.78, 5) is 16.1. The van der Waals surface area contributed by atoms with Crippen LogP contribution >= 0.6 is 0 Å². The molecule has 0 bridgehead atoms. The molecule has 2 N–H and O–H groups in total.